The van der Waals surface area contributed by atoms with Crippen LogP contribution >= 0.6 is 0 Å². The summed E-state index contributed by atoms with van der Waals surface area (Å²) in [6.07, 6.45) is 1.38. The summed E-state index contributed by atoms with van der Waals surface area (Å²) in [7, 11) is 0. The standard InChI is InChI=1S/C23H24F2N2O4/c24-22(25)15-10-8-14(9-11-15)21(28)19(31-17-5-1-2-6-17)13-27-12-16-4-3-7-18(23(29)30)20(16)26-27/h3-4,7-12,17,19,21-22,28H,1-2,5-6,13H2,(H,29,30). The van der Waals surface area contributed by atoms with Crippen molar-refractivity contribution in [2.45, 2.75) is 57.0 Å². The molecule has 1 heterocycles. The highest BCUT2D eigenvalue weighted by molar-refractivity contribution is 6.01. The highest BCUT2D eigenvalue weighted by Crippen LogP contribution is 2.29. The molecule has 2 N–H and O–H groups in total. The number of halogens is 2. The van der Waals surface area contributed by atoms with Gasteiger partial charge in [0.2, 0.25) is 0 Å². The maximum Gasteiger partial charge on any atom is 0.337 e. The predicted octanol–water partition coefficient (Wildman–Crippen LogP) is 4.73. The molecular formula is C23H24F2N2O4. The minimum absolute atomic E-state index is 0.0135. The van der Waals surface area contributed by atoms with Crippen molar-refractivity contribution < 1.29 is 28.5 Å². The van der Waals surface area contributed by atoms with Crippen LogP contribution in [0.4, 0.5) is 8.78 Å². The van der Waals surface area contributed by atoms with Crippen molar-refractivity contribution in [3.63, 3.8) is 0 Å². The molecule has 1 aromatic heterocycles. The van der Waals surface area contributed by atoms with Crippen molar-refractivity contribution in [3.05, 3.63) is 65.4 Å². The lowest BCUT2D eigenvalue weighted by Gasteiger charge is -2.27. The molecule has 1 fully saturated rings. The number of nitrogens with zero attached hydrogens (tertiary/aromatic N) is 2. The monoisotopic (exact) mass is 430 g/mol. The second-order valence-electron chi connectivity index (χ2n) is 7.89. The van der Waals surface area contributed by atoms with Crippen LogP contribution in [0.15, 0.2) is 48.7 Å². The minimum atomic E-state index is -2.57. The normalized spacial score (nSPS) is 16.8. The highest BCUT2D eigenvalue weighted by Gasteiger charge is 2.28. The summed E-state index contributed by atoms with van der Waals surface area (Å²) in [6.45, 7) is 0.196. The summed E-state index contributed by atoms with van der Waals surface area (Å²) >= 11 is 0. The van der Waals surface area contributed by atoms with Crippen molar-refractivity contribution in [1.29, 1.82) is 0 Å². The largest absolute Gasteiger partial charge is 0.478 e. The predicted molar refractivity (Wildman–Crippen MR) is 110 cm³/mol. The number of carbonyl (C=O) groups is 1. The van der Waals surface area contributed by atoms with Crippen molar-refractivity contribution in [3.8, 4) is 0 Å². The van der Waals surface area contributed by atoms with Gasteiger partial charge in [0, 0.05) is 17.1 Å². The quantitative estimate of drug-likeness (QED) is 0.540. The molecular weight excluding hydrogens is 406 g/mol. The number of hydrogen-bond acceptors (Lipinski definition) is 4. The minimum Gasteiger partial charge on any atom is -0.478 e. The van der Waals surface area contributed by atoms with Crippen LogP contribution in [-0.4, -0.2) is 38.2 Å². The van der Waals surface area contributed by atoms with E-state index in [0.29, 0.717) is 16.5 Å². The van der Waals surface area contributed by atoms with E-state index in [1.165, 1.54) is 30.3 Å². The number of aromatic carboxylic acids is 1. The lowest BCUT2D eigenvalue weighted by atomic mass is 10.0. The molecule has 1 aliphatic carbocycles. The number of rotatable bonds is 8. The summed E-state index contributed by atoms with van der Waals surface area (Å²) in [5.74, 6) is -1.06. The number of benzene rings is 2. The Labute approximate surface area is 178 Å². The average Bonchev–Trinajstić information content (AvgIpc) is 3.41. The first-order valence-electron chi connectivity index (χ1n) is 10.3. The van der Waals surface area contributed by atoms with Crippen molar-refractivity contribution >= 4 is 16.9 Å². The van der Waals surface area contributed by atoms with E-state index in [4.69, 9.17) is 4.74 Å². The third kappa shape index (κ3) is 4.75. The van der Waals surface area contributed by atoms with Gasteiger partial charge >= 0.3 is 5.97 Å². The first kappa shape index (κ1) is 21.4. The topological polar surface area (TPSA) is 84.6 Å². The van der Waals surface area contributed by atoms with E-state index < -0.39 is 24.6 Å². The van der Waals surface area contributed by atoms with Gasteiger partial charge in [-0.2, -0.15) is 5.10 Å². The van der Waals surface area contributed by atoms with E-state index in [2.05, 4.69) is 5.10 Å². The fourth-order valence-electron chi connectivity index (χ4n) is 4.09. The molecule has 8 heteroatoms. The van der Waals surface area contributed by atoms with Crippen molar-refractivity contribution in [2.75, 3.05) is 0 Å². The number of fused-ring (bicyclic) bond motifs is 1. The van der Waals surface area contributed by atoms with Gasteiger partial charge in [-0.25, -0.2) is 13.6 Å². The molecule has 0 bridgehead atoms. The van der Waals surface area contributed by atoms with Gasteiger partial charge in [0.1, 0.15) is 17.7 Å². The van der Waals surface area contributed by atoms with Crippen molar-refractivity contribution in [1.82, 2.24) is 9.78 Å². The van der Waals surface area contributed by atoms with Crippen LogP contribution in [0.1, 0.15) is 59.7 Å². The number of hydrogen-bond donors (Lipinski definition) is 2. The molecule has 1 saturated carbocycles. The van der Waals surface area contributed by atoms with Crippen LogP contribution in [0.3, 0.4) is 0 Å². The molecule has 0 saturated heterocycles. The fourth-order valence-corrected chi connectivity index (χ4v) is 4.09. The Morgan fingerprint density at radius 2 is 1.81 bits per heavy atom. The van der Waals surface area contributed by atoms with E-state index in [-0.39, 0.29) is 23.8 Å². The van der Waals surface area contributed by atoms with Gasteiger partial charge in [0.15, 0.2) is 0 Å². The van der Waals surface area contributed by atoms with E-state index in [1.807, 2.05) is 0 Å². The molecule has 1 aliphatic rings. The van der Waals surface area contributed by atoms with Gasteiger partial charge in [-0.3, -0.25) is 4.68 Å². The van der Waals surface area contributed by atoms with Gasteiger partial charge in [-0.1, -0.05) is 49.2 Å². The van der Waals surface area contributed by atoms with Crippen LogP contribution in [0, 0.1) is 0 Å². The SMILES string of the molecule is O=C(O)c1cccc2cn(CC(OC3CCCC3)C(O)c3ccc(C(F)F)cc3)nc12. The summed E-state index contributed by atoms with van der Waals surface area (Å²) in [6, 6.07) is 10.5. The van der Waals surface area contributed by atoms with Crippen molar-refractivity contribution in [2.24, 2.45) is 0 Å². The highest BCUT2D eigenvalue weighted by atomic mass is 19.3. The molecule has 2 aromatic carbocycles. The zero-order chi connectivity index (χ0) is 22.0. The summed E-state index contributed by atoms with van der Waals surface area (Å²) in [5, 5.41) is 25.5. The van der Waals surface area contributed by atoms with Crippen LogP contribution in [0.2, 0.25) is 0 Å². The maximum absolute atomic E-state index is 12.9. The Kier molecular flexibility index (Phi) is 6.29. The zero-order valence-corrected chi connectivity index (χ0v) is 16.8. The molecule has 164 valence electrons. The summed E-state index contributed by atoms with van der Waals surface area (Å²) < 4.78 is 33.5. The summed E-state index contributed by atoms with van der Waals surface area (Å²) in [5.41, 5.74) is 0.845. The first-order valence-corrected chi connectivity index (χ1v) is 10.3. The fraction of sp³-hybridized carbons (Fsp3) is 0.391. The number of carboxylic acids is 1. The Morgan fingerprint density at radius 3 is 2.45 bits per heavy atom. The second kappa shape index (κ2) is 9.11. The molecule has 4 rings (SSSR count). The molecule has 2 unspecified atom stereocenters. The molecule has 0 radical (unpaired) electrons. The second-order valence-corrected chi connectivity index (χ2v) is 7.89. The number of ether oxygens (including phenoxy) is 1. The number of aliphatic hydroxyl groups excluding tert-OH is 1. The van der Waals surface area contributed by atoms with Crippen LogP contribution in [0.5, 0.6) is 0 Å². The van der Waals surface area contributed by atoms with E-state index in [9.17, 15) is 23.8 Å². The Hall–Kier alpha value is -2.84. The van der Waals surface area contributed by atoms with Crippen LogP contribution in [-0.2, 0) is 11.3 Å². The molecule has 3 aromatic rings. The molecule has 31 heavy (non-hydrogen) atoms. The van der Waals surface area contributed by atoms with Gasteiger partial charge in [0.05, 0.1) is 18.2 Å². The Bertz CT molecular complexity index is 1050. The van der Waals surface area contributed by atoms with Crippen LogP contribution < -0.4 is 0 Å². The van der Waals surface area contributed by atoms with Gasteiger partial charge in [0.25, 0.3) is 6.43 Å². The smallest absolute Gasteiger partial charge is 0.337 e. The molecule has 2 atom stereocenters. The first-order chi connectivity index (χ1) is 14.9. The molecule has 6 nitrogen and oxygen atoms in total. The Morgan fingerprint density at radius 1 is 1.13 bits per heavy atom. The average molecular weight is 430 g/mol. The lowest BCUT2D eigenvalue weighted by Crippen LogP contribution is -2.31. The Balaban J connectivity index is 1.61. The van der Waals surface area contributed by atoms with Crippen LogP contribution in [0.25, 0.3) is 10.9 Å². The van der Waals surface area contributed by atoms with E-state index in [0.717, 1.165) is 25.7 Å². The molecule has 0 amide bonds. The zero-order valence-electron chi connectivity index (χ0n) is 16.8. The van der Waals surface area contributed by atoms with Gasteiger partial charge < -0.3 is 14.9 Å². The molecule has 0 spiro atoms. The summed E-state index contributed by atoms with van der Waals surface area (Å²) in [4.78, 5) is 11.5. The van der Waals surface area contributed by atoms with Gasteiger partial charge in [-0.05, 0) is 24.5 Å². The third-order valence-electron chi connectivity index (χ3n) is 5.73. The van der Waals surface area contributed by atoms with E-state index >= 15 is 0 Å². The number of aliphatic hydroxyl groups is 1. The number of carboxylic acid groups (broad SMARTS) is 1. The molecule has 0 aliphatic heterocycles. The number of alkyl halides is 2. The van der Waals surface area contributed by atoms with E-state index in [1.54, 1.807) is 23.0 Å². The lowest BCUT2D eigenvalue weighted by molar-refractivity contribution is -0.0844. The maximum atomic E-state index is 12.9. The third-order valence-corrected chi connectivity index (χ3v) is 5.73. The number of aromatic nitrogens is 2. The van der Waals surface area contributed by atoms with Gasteiger partial charge in [-0.15, -0.1) is 0 Å².